The maximum Gasteiger partial charge on any atom is 0.0887 e. The van der Waals surface area contributed by atoms with Gasteiger partial charge in [0.2, 0.25) is 0 Å². The standard InChI is InChI=1S/C15H15N3O/c16-18-17-15(13-9-5-2-6-10-13)14(19)11-12-7-3-1-4-8-12/h1-10,14-15,19H,11H2. The fourth-order valence-electron chi connectivity index (χ4n) is 2.04. The van der Waals surface area contributed by atoms with Crippen LogP contribution < -0.4 is 0 Å². The van der Waals surface area contributed by atoms with Crippen LogP contribution >= 0.6 is 0 Å². The number of aliphatic hydroxyl groups is 1. The summed E-state index contributed by atoms with van der Waals surface area (Å²) in [6.07, 6.45) is -0.278. The molecule has 2 atom stereocenters. The van der Waals surface area contributed by atoms with E-state index < -0.39 is 12.1 Å². The van der Waals surface area contributed by atoms with Crippen LogP contribution in [0.25, 0.3) is 10.4 Å². The second-order valence-electron chi connectivity index (χ2n) is 4.32. The van der Waals surface area contributed by atoms with E-state index in [0.29, 0.717) is 6.42 Å². The van der Waals surface area contributed by atoms with Gasteiger partial charge in [-0.1, -0.05) is 65.8 Å². The molecular weight excluding hydrogens is 238 g/mol. The van der Waals surface area contributed by atoms with Crippen molar-refractivity contribution in [3.63, 3.8) is 0 Å². The number of aliphatic hydroxyl groups excluding tert-OH is 1. The van der Waals surface area contributed by atoms with Crippen LogP contribution in [0.3, 0.4) is 0 Å². The van der Waals surface area contributed by atoms with E-state index in [-0.39, 0.29) is 0 Å². The largest absolute Gasteiger partial charge is 0.392 e. The van der Waals surface area contributed by atoms with Crippen molar-refractivity contribution in [2.45, 2.75) is 18.6 Å². The van der Waals surface area contributed by atoms with Gasteiger partial charge in [-0.15, -0.1) is 0 Å². The summed E-state index contributed by atoms with van der Waals surface area (Å²) in [4.78, 5) is 2.84. The SMILES string of the molecule is [N-]=[N+]=NC(c1ccccc1)C(O)Cc1ccccc1. The van der Waals surface area contributed by atoms with Gasteiger partial charge in [0.1, 0.15) is 0 Å². The first-order chi connectivity index (χ1) is 9.31. The first-order valence-corrected chi connectivity index (χ1v) is 6.12. The summed E-state index contributed by atoms with van der Waals surface area (Å²) in [5.74, 6) is 0. The Hall–Kier alpha value is -2.29. The Labute approximate surface area is 112 Å². The van der Waals surface area contributed by atoms with E-state index in [1.807, 2.05) is 60.7 Å². The minimum Gasteiger partial charge on any atom is -0.392 e. The molecule has 1 N–H and O–H groups in total. The molecule has 96 valence electrons. The molecule has 0 aromatic heterocycles. The molecule has 2 unspecified atom stereocenters. The van der Waals surface area contributed by atoms with Gasteiger partial charge in [0, 0.05) is 4.91 Å². The number of hydrogen-bond acceptors (Lipinski definition) is 2. The van der Waals surface area contributed by atoms with Crippen LogP contribution in [0.4, 0.5) is 0 Å². The highest BCUT2D eigenvalue weighted by Gasteiger charge is 2.19. The average Bonchev–Trinajstić information content (AvgIpc) is 2.46. The summed E-state index contributed by atoms with van der Waals surface area (Å²) in [6.45, 7) is 0. The quantitative estimate of drug-likeness (QED) is 0.493. The fourth-order valence-corrected chi connectivity index (χ4v) is 2.04. The van der Waals surface area contributed by atoms with Crippen LogP contribution in [-0.2, 0) is 6.42 Å². The number of nitrogens with zero attached hydrogens (tertiary/aromatic N) is 3. The maximum absolute atomic E-state index is 10.3. The van der Waals surface area contributed by atoms with Crippen molar-refractivity contribution in [2.75, 3.05) is 0 Å². The van der Waals surface area contributed by atoms with E-state index in [9.17, 15) is 5.11 Å². The molecule has 19 heavy (non-hydrogen) atoms. The number of rotatable bonds is 5. The van der Waals surface area contributed by atoms with Crippen LogP contribution in [0, 0.1) is 0 Å². The molecule has 4 heteroatoms. The summed E-state index contributed by atoms with van der Waals surface area (Å²) in [6, 6.07) is 18.4. The highest BCUT2D eigenvalue weighted by Crippen LogP contribution is 2.24. The molecule has 0 saturated carbocycles. The zero-order valence-corrected chi connectivity index (χ0v) is 10.4. The van der Waals surface area contributed by atoms with Gasteiger partial charge in [0.05, 0.1) is 12.1 Å². The molecule has 2 aromatic rings. The first kappa shape index (κ1) is 13.1. The molecule has 2 rings (SSSR count). The average molecular weight is 253 g/mol. The second kappa shape index (κ2) is 6.59. The summed E-state index contributed by atoms with van der Waals surface area (Å²) in [5.41, 5.74) is 10.5. The smallest absolute Gasteiger partial charge is 0.0887 e. The van der Waals surface area contributed by atoms with Crippen LogP contribution in [0.5, 0.6) is 0 Å². The van der Waals surface area contributed by atoms with E-state index in [4.69, 9.17) is 5.53 Å². The van der Waals surface area contributed by atoms with E-state index in [0.717, 1.165) is 11.1 Å². The minimum absolute atomic E-state index is 0.458. The van der Waals surface area contributed by atoms with Crippen molar-refractivity contribution in [1.29, 1.82) is 0 Å². The Balaban J connectivity index is 2.18. The van der Waals surface area contributed by atoms with Crippen LogP contribution in [0.1, 0.15) is 17.2 Å². The van der Waals surface area contributed by atoms with Crippen molar-refractivity contribution >= 4 is 0 Å². The molecular formula is C15H15N3O. The first-order valence-electron chi connectivity index (χ1n) is 6.12. The van der Waals surface area contributed by atoms with Crippen molar-refractivity contribution in [1.82, 2.24) is 0 Å². The molecule has 0 aliphatic heterocycles. The fraction of sp³-hybridized carbons (Fsp3) is 0.200. The van der Waals surface area contributed by atoms with Gasteiger partial charge < -0.3 is 5.11 Å². The number of azide groups is 1. The molecule has 0 saturated heterocycles. The molecule has 0 heterocycles. The van der Waals surface area contributed by atoms with E-state index in [1.54, 1.807) is 0 Å². The van der Waals surface area contributed by atoms with E-state index >= 15 is 0 Å². The summed E-state index contributed by atoms with van der Waals surface area (Å²) >= 11 is 0. The maximum atomic E-state index is 10.3. The third-order valence-electron chi connectivity index (χ3n) is 2.97. The van der Waals surface area contributed by atoms with Gasteiger partial charge in [-0.25, -0.2) is 0 Å². The van der Waals surface area contributed by atoms with Crippen molar-refractivity contribution in [2.24, 2.45) is 5.11 Å². The molecule has 0 fully saturated rings. The van der Waals surface area contributed by atoms with Gasteiger partial charge in [-0.3, -0.25) is 0 Å². The number of benzene rings is 2. The van der Waals surface area contributed by atoms with Crippen LogP contribution in [0.15, 0.2) is 65.8 Å². The third-order valence-corrected chi connectivity index (χ3v) is 2.97. The normalized spacial score (nSPS) is 13.3. The Morgan fingerprint density at radius 2 is 1.58 bits per heavy atom. The lowest BCUT2D eigenvalue weighted by atomic mass is 9.97. The van der Waals surface area contributed by atoms with Gasteiger partial charge in [-0.2, -0.15) is 0 Å². The third kappa shape index (κ3) is 3.58. The summed E-state index contributed by atoms with van der Waals surface area (Å²) < 4.78 is 0. The molecule has 0 radical (unpaired) electrons. The molecule has 0 spiro atoms. The molecule has 0 aliphatic carbocycles. The van der Waals surface area contributed by atoms with E-state index in [2.05, 4.69) is 10.0 Å². The van der Waals surface area contributed by atoms with Gasteiger partial charge in [-0.05, 0) is 23.1 Å². The molecule has 2 aromatic carbocycles. The van der Waals surface area contributed by atoms with Crippen molar-refractivity contribution in [3.05, 3.63) is 82.2 Å². The second-order valence-corrected chi connectivity index (χ2v) is 4.32. The van der Waals surface area contributed by atoms with E-state index in [1.165, 1.54) is 0 Å². The monoisotopic (exact) mass is 253 g/mol. The van der Waals surface area contributed by atoms with Gasteiger partial charge in [0.15, 0.2) is 0 Å². The zero-order valence-electron chi connectivity index (χ0n) is 10.4. The minimum atomic E-state index is -0.735. The Bertz CT molecular complexity index is 550. The highest BCUT2D eigenvalue weighted by atomic mass is 16.3. The lowest BCUT2D eigenvalue weighted by molar-refractivity contribution is 0.145. The lowest BCUT2D eigenvalue weighted by Gasteiger charge is -2.18. The Morgan fingerprint density at radius 3 is 2.16 bits per heavy atom. The van der Waals surface area contributed by atoms with Crippen molar-refractivity contribution in [3.8, 4) is 0 Å². The Morgan fingerprint density at radius 1 is 1.00 bits per heavy atom. The number of hydrogen-bond donors (Lipinski definition) is 1. The van der Waals surface area contributed by atoms with Crippen LogP contribution in [-0.4, -0.2) is 11.2 Å². The van der Waals surface area contributed by atoms with Gasteiger partial charge >= 0.3 is 0 Å². The summed E-state index contributed by atoms with van der Waals surface area (Å²) in [5, 5.41) is 14.0. The zero-order chi connectivity index (χ0) is 13.5. The molecule has 0 bridgehead atoms. The van der Waals surface area contributed by atoms with Crippen LogP contribution in [0.2, 0.25) is 0 Å². The molecule has 0 aliphatic rings. The predicted molar refractivity (Wildman–Crippen MR) is 74.5 cm³/mol. The molecule has 4 nitrogen and oxygen atoms in total. The summed E-state index contributed by atoms with van der Waals surface area (Å²) in [7, 11) is 0. The molecule has 0 amide bonds. The highest BCUT2D eigenvalue weighted by molar-refractivity contribution is 5.22. The van der Waals surface area contributed by atoms with Gasteiger partial charge in [0.25, 0.3) is 0 Å². The van der Waals surface area contributed by atoms with Crippen molar-refractivity contribution < 1.29 is 5.11 Å². The Kier molecular flexibility index (Phi) is 4.56. The topological polar surface area (TPSA) is 69.0 Å². The predicted octanol–water partition coefficient (Wildman–Crippen LogP) is 3.64. The lowest BCUT2D eigenvalue weighted by Crippen LogP contribution is -2.19.